The number of nitro benzene ring substituents is 1. The van der Waals surface area contributed by atoms with Crippen molar-refractivity contribution < 1.29 is 4.92 Å². The Bertz CT molecular complexity index is 653. The van der Waals surface area contributed by atoms with Gasteiger partial charge in [0, 0.05) is 18.3 Å². The Morgan fingerprint density at radius 1 is 1.11 bits per heavy atom. The summed E-state index contributed by atoms with van der Waals surface area (Å²) in [5, 5.41) is 19.2. The van der Waals surface area contributed by atoms with Crippen molar-refractivity contribution in [2.75, 3.05) is 0 Å². The average molecular weight is 251 g/mol. The van der Waals surface area contributed by atoms with Gasteiger partial charge in [0.2, 0.25) is 0 Å². The van der Waals surface area contributed by atoms with E-state index in [1.165, 1.54) is 12.1 Å². The van der Waals surface area contributed by atoms with Gasteiger partial charge in [0.05, 0.1) is 22.2 Å². The predicted molar refractivity (Wildman–Crippen MR) is 71.5 cm³/mol. The molecule has 5 nitrogen and oxygen atoms in total. The zero-order chi connectivity index (χ0) is 13.7. The van der Waals surface area contributed by atoms with E-state index in [0.717, 1.165) is 5.56 Å². The van der Waals surface area contributed by atoms with Crippen molar-refractivity contribution in [3.63, 3.8) is 0 Å². The monoisotopic (exact) mass is 251 g/mol. The minimum absolute atomic E-state index is 0.0392. The third-order valence-corrected chi connectivity index (χ3v) is 2.46. The summed E-state index contributed by atoms with van der Waals surface area (Å²) in [6, 6.07) is 15.0. The van der Waals surface area contributed by atoms with Crippen LogP contribution in [0.15, 0.2) is 53.5 Å². The first kappa shape index (κ1) is 12.5. The molecule has 0 aliphatic rings. The lowest BCUT2D eigenvalue weighted by molar-refractivity contribution is -0.384. The first-order valence-electron chi connectivity index (χ1n) is 5.48. The topological polar surface area (TPSA) is 79.3 Å². The number of nitro groups is 1. The number of nitrogens with zero attached hydrogens (tertiary/aromatic N) is 3. The van der Waals surface area contributed by atoms with E-state index in [0.29, 0.717) is 11.3 Å². The Balaban J connectivity index is 2.13. The molecule has 2 aromatic rings. The van der Waals surface area contributed by atoms with Gasteiger partial charge in [-0.15, -0.1) is 0 Å². The number of aliphatic imine (C=N–C) groups is 1. The molecule has 0 aliphatic heterocycles. The lowest BCUT2D eigenvalue weighted by Crippen LogP contribution is -1.86. The Kier molecular flexibility index (Phi) is 3.64. The third kappa shape index (κ3) is 3.23. The molecule has 0 spiro atoms. The lowest BCUT2D eigenvalue weighted by Gasteiger charge is -1.95. The molecule has 2 rings (SSSR count). The van der Waals surface area contributed by atoms with Gasteiger partial charge in [0.1, 0.15) is 0 Å². The highest BCUT2D eigenvalue weighted by atomic mass is 16.6. The van der Waals surface area contributed by atoms with Gasteiger partial charge in [-0.2, -0.15) is 5.26 Å². The van der Waals surface area contributed by atoms with Crippen LogP contribution in [0, 0.1) is 21.4 Å². The summed E-state index contributed by atoms with van der Waals surface area (Å²) < 4.78 is 0. The maximum atomic E-state index is 10.5. The van der Waals surface area contributed by atoms with Crippen LogP contribution in [0.1, 0.15) is 11.1 Å². The molecule has 0 aromatic heterocycles. The van der Waals surface area contributed by atoms with Gasteiger partial charge in [-0.05, 0) is 29.8 Å². The molecule has 0 amide bonds. The quantitative estimate of drug-likeness (QED) is 0.477. The molecule has 92 valence electrons. The van der Waals surface area contributed by atoms with Crippen LogP contribution in [0.5, 0.6) is 0 Å². The zero-order valence-electron chi connectivity index (χ0n) is 9.85. The molecule has 0 atom stereocenters. The van der Waals surface area contributed by atoms with E-state index < -0.39 is 4.92 Å². The summed E-state index contributed by atoms with van der Waals surface area (Å²) in [5.74, 6) is 0. The summed E-state index contributed by atoms with van der Waals surface area (Å²) in [5.41, 5.74) is 2.12. The van der Waals surface area contributed by atoms with Crippen molar-refractivity contribution >= 4 is 17.6 Å². The van der Waals surface area contributed by atoms with Crippen LogP contribution >= 0.6 is 0 Å². The molecular formula is C14H9N3O2. The van der Waals surface area contributed by atoms with E-state index in [9.17, 15) is 10.1 Å². The molecule has 0 saturated carbocycles. The van der Waals surface area contributed by atoms with Crippen LogP contribution < -0.4 is 0 Å². The number of hydrogen-bond donors (Lipinski definition) is 0. The number of rotatable bonds is 3. The maximum Gasteiger partial charge on any atom is 0.269 e. The fourth-order valence-electron chi connectivity index (χ4n) is 1.45. The van der Waals surface area contributed by atoms with Crippen LogP contribution in [0.2, 0.25) is 0 Å². The van der Waals surface area contributed by atoms with E-state index in [1.54, 1.807) is 42.6 Å². The molecule has 0 aliphatic carbocycles. The minimum Gasteiger partial charge on any atom is -0.258 e. The second kappa shape index (κ2) is 5.56. The van der Waals surface area contributed by atoms with Crippen LogP contribution in [0.4, 0.5) is 11.4 Å². The van der Waals surface area contributed by atoms with E-state index in [2.05, 4.69) is 4.99 Å². The molecule has 0 radical (unpaired) electrons. The zero-order valence-corrected chi connectivity index (χ0v) is 9.85. The summed E-state index contributed by atoms with van der Waals surface area (Å²) in [4.78, 5) is 14.2. The van der Waals surface area contributed by atoms with Crippen LogP contribution in [-0.2, 0) is 0 Å². The summed E-state index contributed by atoms with van der Waals surface area (Å²) in [7, 11) is 0. The lowest BCUT2D eigenvalue weighted by atomic mass is 10.2. The molecule has 5 heteroatoms. The Hall–Kier alpha value is -3.00. The Labute approximate surface area is 109 Å². The fourth-order valence-corrected chi connectivity index (χ4v) is 1.45. The van der Waals surface area contributed by atoms with E-state index in [4.69, 9.17) is 5.26 Å². The van der Waals surface area contributed by atoms with Crippen LogP contribution in [-0.4, -0.2) is 11.1 Å². The molecular weight excluding hydrogens is 242 g/mol. The fraction of sp³-hybridized carbons (Fsp3) is 0. The van der Waals surface area contributed by atoms with Crippen molar-refractivity contribution in [1.29, 1.82) is 5.26 Å². The first-order valence-corrected chi connectivity index (χ1v) is 5.48. The van der Waals surface area contributed by atoms with Crippen molar-refractivity contribution in [1.82, 2.24) is 0 Å². The van der Waals surface area contributed by atoms with Gasteiger partial charge in [-0.1, -0.05) is 12.1 Å². The smallest absolute Gasteiger partial charge is 0.258 e. The Morgan fingerprint density at radius 2 is 1.74 bits per heavy atom. The number of hydrogen-bond acceptors (Lipinski definition) is 4. The van der Waals surface area contributed by atoms with Crippen LogP contribution in [0.3, 0.4) is 0 Å². The number of nitriles is 1. The van der Waals surface area contributed by atoms with Gasteiger partial charge in [0.25, 0.3) is 5.69 Å². The second-order valence-electron chi connectivity index (χ2n) is 3.77. The molecule has 0 bridgehead atoms. The summed E-state index contributed by atoms with van der Waals surface area (Å²) >= 11 is 0. The van der Waals surface area contributed by atoms with Gasteiger partial charge >= 0.3 is 0 Å². The minimum atomic E-state index is -0.450. The molecule has 0 heterocycles. The molecule has 2 aromatic carbocycles. The summed E-state index contributed by atoms with van der Waals surface area (Å²) in [6.07, 6.45) is 1.64. The molecule has 0 N–H and O–H groups in total. The SMILES string of the molecule is N#Cc1ccc(C=Nc2ccc([N+](=O)[O-])cc2)cc1. The van der Waals surface area contributed by atoms with E-state index in [-0.39, 0.29) is 5.69 Å². The highest BCUT2D eigenvalue weighted by Gasteiger charge is 2.02. The number of non-ortho nitro benzene ring substituents is 1. The Morgan fingerprint density at radius 3 is 2.26 bits per heavy atom. The molecule has 0 fully saturated rings. The number of benzene rings is 2. The van der Waals surface area contributed by atoms with E-state index in [1.807, 2.05) is 6.07 Å². The maximum absolute atomic E-state index is 10.5. The van der Waals surface area contributed by atoms with Gasteiger partial charge in [-0.3, -0.25) is 15.1 Å². The normalized spacial score (nSPS) is 10.3. The summed E-state index contributed by atoms with van der Waals surface area (Å²) in [6.45, 7) is 0. The van der Waals surface area contributed by atoms with Crippen LogP contribution in [0.25, 0.3) is 0 Å². The first-order chi connectivity index (χ1) is 9.19. The highest BCUT2D eigenvalue weighted by molar-refractivity contribution is 5.82. The molecule has 0 unspecified atom stereocenters. The van der Waals surface area contributed by atoms with Gasteiger partial charge < -0.3 is 0 Å². The third-order valence-electron chi connectivity index (χ3n) is 2.46. The van der Waals surface area contributed by atoms with Gasteiger partial charge in [-0.25, -0.2) is 0 Å². The molecule has 0 saturated heterocycles. The largest absolute Gasteiger partial charge is 0.269 e. The van der Waals surface area contributed by atoms with Crippen molar-refractivity contribution in [3.8, 4) is 6.07 Å². The predicted octanol–water partition coefficient (Wildman–Crippen LogP) is 3.22. The van der Waals surface area contributed by atoms with Crippen molar-refractivity contribution in [2.24, 2.45) is 4.99 Å². The van der Waals surface area contributed by atoms with Gasteiger partial charge in [0.15, 0.2) is 0 Å². The van der Waals surface area contributed by atoms with Crippen molar-refractivity contribution in [2.45, 2.75) is 0 Å². The van der Waals surface area contributed by atoms with E-state index >= 15 is 0 Å². The van der Waals surface area contributed by atoms with Crippen molar-refractivity contribution in [3.05, 3.63) is 69.8 Å². The molecule has 19 heavy (non-hydrogen) atoms. The second-order valence-corrected chi connectivity index (χ2v) is 3.77. The highest BCUT2D eigenvalue weighted by Crippen LogP contribution is 2.17. The standard InChI is InChI=1S/C14H9N3O2/c15-9-11-1-3-12(4-2-11)10-16-13-5-7-14(8-6-13)17(18)19/h1-8,10H. The average Bonchev–Trinajstić information content (AvgIpc) is 2.46.